The quantitative estimate of drug-likeness (QED) is 0.735. The highest BCUT2D eigenvalue weighted by Gasteiger charge is 2.13. The first-order valence-corrected chi connectivity index (χ1v) is 8.00. The molecule has 2 aromatic carbocycles. The molecule has 0 radical (unpaired) electrons. The Morgan fingerprint density at radius 2 is 1.42 bits per heavy atom. The molecule has 2 aromatic rings. The minimum absolute atomic E-state index is 0.136. The fourth-order valence-electron chi connectivity index (χ4n) is 2.05. The van der Waals surface area contributed by atoms with E-state index >= 15 is 0 Å². The highest BCUT2D eigenvalue weighted by Crippen LogP contribution is 2.22. The van der Waals surface area contributed by atoms with Crippen LogP contribution in [0.2, 0.25) is 10.0 Å². The van der Waals surface area contributed by atoms with Crippen LogP contribution in [0.4, 0.5) is 17.1 Å². The van der Waals surface area contributed by atoms with Gasteiger partial charge in [-0.3, -0.25) is 9.59 Å². The van der Waals surface area contributed by atoms with Gasteiger partial charge < -0.3 is 16.0 Å². The lowest BCUT2D eigenvalue weighted by Gasteiger charge is -2.16. The largest absolute Gasteiger partial charge is 0.374 e. The molecule has 126 valence electrons. The van der Waals surface area contributed by atoms with Gasteiger partial charge in [0.1, 0.15) is 6.04 Å². The van der Waals surface area contributed by atoms with Crippen molar-refractivity contribution in [3.63, 3.8) is 0 Å². The molecule has 0 fully saturated rings. The van der Waals surface area contributed by atoms with E-state index in [2.05, 4.69) is 16.0 Å². The van der Waals surface area contributed by atoms with Crippen molar-refractivity contribution >= 4 is 52.1 Å². The predicted molar refractivity (Wildman–Crippen MR) is 98.9 cm³/mol. The molecule has 24 heavy (non-hydrogen) atoms. The second-order valence-corrected chi connectivity index (χ2v) is 6.14. The van der Waals surface area contributed by atoms with E-state index in [1.165, 1.54) is 6.92 Å². The topological polar surface area (TPSA) is 70.2 Å². The smallest absolute Gasteiger partial charge is 0.246 e. The molecule has 1 atom stereocenters. The molecule has 0 aliphatic rings. The van der Waals surface area contributed by atoms with Crippen LogP contribution in [0.25, 0.3) is 0 Å². The normalized spacial score (nSPS) is 11.5. The lowest BCUT2D eigenvalue weighted by Crippen LogP contribution is -2.31. The van der Waals surface area contributed by atoms with Crippen LogP contribution >= 0.6 is 23.2 Å². The fourth-order valence-corrected chi connectivity index (χ4v) is 2.57. The summed E-state index contributed by atoms with van der Waals surface area (Å²) in [7, 11) is 0. The monoisotopic (exact) mass is 365 g/mol. The molecule has 0 saturated carbocycles. The zero-order chi connectivity index (χ0) is 17.7. The Morgan fingerprint density at radius 1 is 0.875 bits per heavy atom. The van der Waals surface area contributed by atoms with Crippen molar-refractivity contribution in [3.05, 3.63) is 52.5 Å². The van der Waals surface area contributed by atoms with Gasteiger partial charge in [-0.15, -0.1) is 0 Å². The lowest BCUT2D eigenvalue weighted by atomic mass is 10.2. The molecule has 0 aliphatic carbocycles. The van der Waals surface area contributed by atoms with Gasteiger partial charge in [0.25, 0.3) is 0 Å². The molecule has 5 nitrogen and oxygen atoms in total. The van der Waals surface area contributed by atoms with Crippen LogP contribution in [0.1, 0.15) is 13.8 Å². The second kappa shape index (κ2) is 8.04. The van der Waals surface area contributed by atoms with Crippen molar-refractivity contribution in [3.8, 4) is 0 Å². The third-order valence-electron chi connectivity index (χ3n) is 3.11. The maximum atomic E-state index is 12.2. The zero-order valence-corrected chi connectivity index (χ0v) is 14.7. The number of halogens is 2. The molecule has 2 rings (SSSR count). The second-order valence-electron chi connectivity index (χ2n) is 5.27. The molecule has 0 aliphatic heterocycles. The summed E-state index contributed by atoms with van der Waals surface area (Å²) in [4.78, 5) is 23.2. The van der Waals surface area contributed by atoms with Gasteiger partial charge in [-0.1, -0.05) is 23.2 Å². The first-order chi connectivity index (χ1) is 11.3. The van der Waals surface area contributed by atoms with E-state index in [9.17, 15) is 9.59 Å². The number of anilines is 3. The van der Waals surface area contributed by atoms with E-state index in [-0.39, 0.29) is 11.8 Å². The van der Waals surface area contributed by atoms with Gasteiger partial charge in [0, 0.05) is 34.0 Å². The van der Waals surface area contributed by atoms with Crippen LogP contribution in [0, 0.1) is 0 Å². The van der Waals surface area contributed by atoms with Crippen LogP contribution in [-0.4, -0.2) is 17.9 Å². The van der Waals surface area contributed by atoms with Crippen LogP contribution in [0.5, 0.6) is 0 Å². The van der Waals surface area contributed by atoms with E-state index in [0.29, 0.717) is 21.4 Å². The molecular weight excluding hydrogens is 349 g/mol. The standard InChI is InChI=1S/C17H17Cl2N3O2/c1-10(17(24)22-16-8-12(18)7-13(19)9-16)20-14-3-5-15(6-4-14)21-11(2)23/h3-10,20H,1-2H3,(H,21,23)(H,22,24)/t10-/m0/s1. The van der Waals surface area contributed by atoms with Crippen molar-refractivity contribution in [1.82, 2.24) is 0 Å². The zero-order valence-electron chi connectivity index (χ0n) is 13.2. The Kier molecular flexibility index (Phi) is 6.06. The van der Waals surface area contributed by atoms with Gasteiger partial charge in [-0.05, 0) is 49.4 Å². The number of hydrogen-bond acceptors (Lipinski definition) is 3. The van der Waals surface area contributed by atoms with Gasteiger partial charge in [-0.25, -0.2) is 0 Å². The summed E-state index contributed by atoms with van der Waals surface area (Å²) in [6, 6.07) is 11.4. The van der Waals surface area contributed by atoms with Gasteiger partial charge >= 0.3 is 0 Å². The van der Waals surface area contributed by atoms with Crippen LogP contribution < -0.4 is 16.0 Å². The van der Waals surface area contributed by atoms with Crippen LogP contribution in [0.3, 0.4) is 0 Å². The average Bonchev–Trinajstić information content (AvgIpc) is 2.47. The average molecular weight is 366 g/mol. The molecule has 0 bridgehead atoms. The molecule has 7 heteroatoms. The highest BCUT2D eigenvalue weighted by molar-refractivity contribution is 6.35. The Labute approximate surface area is 150 Å². The molecule has 0 aromatic heterocycles. The van der Waals surface area contributed by atoms with Crippen molar-refractivity contribution in [1.29, 1.82) is 0 Å². The van der Waals surface area contributed by atoms with Crippen LogP contribution in [0.15, 0.2) is 42.5 Å². The number of carbonyl (C=O) groups is 2. The highest BCUT2D eigenvalue weighted by atomic mass is 35.5. The summed E-state index contributed by atoms with van der Waals surface area (Å²) in [6.45, 7) is 3.18. The first-order valence-electron chi connectivity index (χ1n) is 7.24. The fraction of sp³-hybridized carbons (Fsp3) is 0.176. The van der Waals surface area contributed by atoms with E-state index in [4.69, 9.17) is 23.2 Å². The third-order valence-corrected chi connectivity index (χ3v) is 3.55. The molecule has 0 saturated heterocycles. The van der Waals surface area contributed by atoms with E-state index in [1.807, 2.05) is 0 Å². The molecule has 0 heterocycles. The van der Waals surface area contributed by atoms with Crippen molar-refractivity contribution in [2.75, 3.05) is 16.0 Å². The van der Waals surface area contributed by atoms with E-state index < -0.39 is 6.04 Å². The number of rotatable bonds is 5. The summed E-state index contributed by atoms with van der Waals surface area (Å²) in [5, 5.41) is 9.42. The molecule has 0 unspecified atom stereocenters. The molecule has 0 spiro atoms. The Bertz CT molecular complexity index is 728. The lowest BCUT2D eigenvalue weighted by molar-refractivity contribution is -0.116. The Morgan fingerprint density at radius 3 is 1.96 bits per heavy atom. The number of hydrogen-bond donors (Lipinski definition) is 3. The Hall–Kier alpha value is -2.24. The van der Waals surface area contributed by atoms with Crippen molar-refractivity contribution in [2.45, 2.75) is 19.9 Å². The summed E-state index contributed by atoms with van der Waals surface area (Å²) < 4.78 is 0. The van der Waals surface area contributed by atoms with E-state index in [1.54, 1.807) is 49.4 Å². The maximum absolute atomic E-state index is 12.2. The summed E-state index contributed by atoms with van der Waals surface area (Å²) in [5.41, 5.74) is 1.99. The molecule has 2 amide bonds. The van der Waals surface area contributed by atoms with Gasteiger partial charge in [0.15, 0.2) is 0 Å². The number of carbonyl (C=O) groups excluding carboxylic acids is 2. The number of benzene rings is 2. The van der Waals surface area contributed by atoms with Crippen molar-refractivity contribution < 1.29 is 9.59 Å². The van der Waals surface area contributed by atoms with E-state index in [0.717, 1.165) is 5.69 Å². The minimum atomic E-state index is -0.477. The van der Waals surface area contributed by atoms with Gasteiger partial charge in [-0.2, -0.15) is 0 Å². The van der Waals surface area contributed by atoms with Crippen molar-refractivity contribution in [2.24, 2.45) is 0 Å². The molecular formula is C17H17Cl2N3O2. The Balaban J connectivity index is 1.97. The predicted octanol–water partition coefficient (Wildman–Crippen LogP) is 4.39. The number of amides is 2. The first kappa shape index (κ1) is 18.1. The van der Waals surface area contributed by atoms with Gasteiger partial charge in [0.05, 0.1) is 0 Å². The summed E-state index contributed by atoms with van der Waals surface area (Å²) in [6.07, 6.45) is 0. The SMILES string of the molecule is CC(=O)Nc1ccc(N[C@@H](C)C(=O)Nc2cc(Cl)cc(Cl)c2)cc1. The van der Waals surface area contributed by atoms with Gasteiger partial charge in [0.2, 0.25) is 11.8 Å². The van der Waals surface area contributed by atoms with Crippen LogP contribution in [-0.2, 0) is 9.59 Å². The maximum Gasteiger partial charge on any atom is 0.246 e. The third kappa shape index (κ3) is 5.44. The summed E-state index contributed by atoms with van der Waals surface area (Å²) >= 11 is 11.8. The number of nitrogens with one attached hydrogen (secondary N) is 3. The summed E-state index contributed by atoms with van der Waals surface area (Å²) in [5.74, 6) is -0.358. The minimum Gasteiger partial charge on any atom is -0.374 e. The molecule has 3 N–H and O–H groups in total.